The molecule has 0 atom stereocenters. The van der Waals surface area contributed by atoms with Crippen LogP contribution >= 0.6 is 10.0 Å². The highest BCUT2D eigenvalue weighted by Crippen LogP contribution is 2.46. The zero-order chi connectivity index (χ0) is 10.3. The standard InChI is InChI=1S/C10H14NO2S/c1-14(2,3)10-7-8-9(13-10)5-4-6-11(8)12/h4-7,12H,1-3H3/q+1. The minimum Gasteiger partial charge on any atom is -0.445 e. The highest BCUT2D eigenvalue weighted by atomic mass is 32.3. The summed E-state index contributed by atoms with van der Waals surface area (Å²) in [4.78, 5) is 0. The maximum atomic E-state index is 9.52. The van der Waals surface area contributed by atoms with Crippen LogP contribution in [-0.4, -0.2) is 24.0 Å². The lowest BCUT2D eigenvalue weighted by molar-refractivity contribution is -0.884. The highest BCUT2D eigenvalue weighted by molar-refractivity contribution is 8.32. The molecule has 0 spiro atoms. The van der Waals surface area contributed by atoms with E-state index in [0.29, 0.717) is 0 Å². The maximum absolute atomic E-state index is 9.52. The number of pyridine rings is 1. The predicted octanol–water partition coefficient (Wildman–Crippen LogP) is 2.01. The van der Waals surface area contributed by atoms with Crippen LogP contribution in [0, 0.1) is 0 Å². The first-order valence-electron chi connectivity index (χ1n) is 4.30. The van der Waals surface area contributed by atoms with Gasteiger partial charge in [0.1, 0.15) is 5.09 Å². The molecule has 0 fully saturated rings. The van der Waals surface area contributed by atoms with Crippen molar-refractivity contribution in [1.82, 2.24) is 0 Å². The Hall–Kier alpha value is -1.16. The first-order valence-corrected chi connectivity index (χ1v) is 7.16. The zero-order valence-electron chi connectivity index (χ0n) is 8.52. The SMILES string of the molecule is CS(C)(C)c1cc2c(ccc[n+]2O)o1. The highest BCUT2D eigenvalue weighted by Gasteiger charge is 2.19. The van der Waals surface area contributed by atoms with Crippen LogP contribution in [0.2, 0.25) is 0 Å². The van der Waals surface area contributed by atoms with E-state index in [-0.39, 0.29) is 0 Å². The minimum absolute atomic E-state index is 0.727. The van der Waals surface area contributed by atoms with Crippen LogP contribution < -0.4 is 4.73 Å². The lowest BCUT2D eigenvalue weighted by Gasteiger charge is -2.20. The van der Waals surface area contributed by atoms with Crippen molar-refractivity contribution in [2.45, 2.75) is 5.09 Å². The summed E-state index contributed by atoms with van der Waals surface area (Å²) in [6.07, 6.45) is 8.07. The molecule has 0 amide bonds. The van der Waals surface area contributed by atoms with Crippen LogP contribution in [0.5, 0.6) is 0 Å². The van der Waals surface area contributed by atoms with Crippen molar-refractivity contribution in [1.29, 1.82) is 0 Å². The van der Waals surface area contributed by atoms with Crippen molar-refractivity contribution in [3.8, 4) is 0 Å². The van der Waals surface area contributed by atoms with Gasteiger partial charge in [0.2, 0.25) is 11.8 Å². The summed E-state index contributed by atoms with van der Waals surface area (Å²) in [6.45, 7) is 0. The summed E-state index contributed by atoms with van der Waals surface area (Å²) in [5, 5.41) is 10.5. The fourth-order valence-corrected chi connectivity index (χ4v) is 2.07. The van der Waals surface area contributed by atoms with Gasteiger partial charge in [-0.2, -0.15) is 10.0 Å². The monoisotopic (exact) mass is 212 g/mol. The Morgan fingerprint density at radius 3 is 2.64 bits per heavy atom. The van der Waals surface area contributed by atoms with Gasteiger partial charge in [-0.15, -0.1) is 0 Å². The molecule has 1 N–H and O–H groups in total. The van der Waals surface area contributed by atoms with Gasteiger partial charge in [-0.1, -0.05) is 0 Å². The fourth-order valence-electron chi connectivity index (χ4n) is 1.27. The van der Waals surface area contributed by atoms with Gasteiger partial charge in [-0.05, 0) is 24.8 Å². The third-order valence-electron chi connectivity index (χ3n) is 2.04. The molecule has 0 aliphatic rings. The second-order valence-corrected chi connectivity index (χ2v) is 8.08. The Morgan fingerprint density at radius 1 is 1.36 bits per heavy atom. The summed E-state index contributed by atoms with van der Waals surface area (Å²) in [5.74, 6) is 0. The normalized spacial score (nSPS) is 13.4. The number of fused-ring (bicyclic) bond motifs is 1. The quantitative estimate of drug-likeness (QED) is 0.580. The van der Waals surface area contributed by atoms with Gasteiger partial charge in [0.25, 0.3) is 0 Å². The molecule has 0 saturated carbocycles. The molecular formula is C10H14NO2S+. The van der Waals surface area contributed by atoms with Gasteiger partial charge < -0.3 is 4.42 Å². The minimum atomic E-state index is -0.873. The molecule has 0 radical (unpaired) electrons. The van der Waals surface area contributed by atoms with Gasteiger partial charge in [0, 0.05) is 10.8 Å². The maximum Gasteiger partial charge on any atom is 0.303 e. The van der Waals surface area contributed by atoms with Gasteiger partial charge in [0.15, 0.2) is 0 Å². The Kier molecular flexibility index (Phi) is 1.96. The fraction of sp³-hybridized carbons (Fsp3) is 0.300. The molecule has 0 saturated heterocycles. The van der Waals surface area contributed by atoms with Gasteiger partial charge in [0.05, 0.1) is 6.07 Å². The number of hydrogen-bond acceptors (Lipinski definition) is 2. The number of aromatic nitrogens is 1. The van der Waals surface area contributed by atoms with Crippen molar-refractivity contribution in [3.05, 3.63) is 24.4 Å². The van der Waals surface area contributed by atoms with Crippen LogP contribution in [0.25, 0.3) is 11.1 Å². The van der Waals surface area contributed by atoms with E-state index in [2.05, 4.69) is 18.8 Å². The van der Waals surface area contributed by atoms with Crippen molar-refractivity contribution in [2.75, 3.05) is 18.8 Å². The van der Waals surface area contributed by atoms with E-state index in [0.717, 1.165) is 20.9 Å². The van der Waals surface area contributed by atoms with E-state index >= 15 is 0 Å². The average molecular weight is 212 g/mol. The lowest BCUT2D eigenvalue weighted by Crippen LogP contribution is -2.29. The van der Waals surface area contributed by atoms with Crippen LogP contribution in [-0.2, 0) is 0 Å². The molecule has 4 heteroatoms. The average Bonchev–Trinajstić information content (AvgIpc) is 2.48. The zero-order valence-corrected chi connectivity index (χ0v) is 9.34. The topological polar surface area (TPSA) is 37.2 Å². The second-order valence-electron chi connectivity index (χ2n) is 4.00. The van der Waals surface area contributed by atoms with Crippen LogP contribution in [0.1, 0.15) is 0 Å². The molecule has 3 nitrogen and oxygen atoms in total. The van der Waals surface area contributed by atoms with E-state index < -0.39 is 10.0 Å². The summed E-state index contributed by atoms with van der Waals surface area (Å²) < 4.78 is 6.76. The van der Waals surface area contributed by atoms with E-state index in [1.165, 1.54) is 0 Å². The number of hydrogen-bond donors (Lipinski definition) is 1. The molecule has 2 rings (SSSR count). The summed E-state index contributed by atoms with van der Waals surface area (Å²) in [5.41, 5.74) is 1.46. The van der Waals surface area contributed by atoms with Gasteiger partial charge >= 0.3 is 5.52 Å². The summed E-state index contributed by atoms with van der Waals surface area (Å²) in [6, 6.07) is 5.52. The van der Waals surface area contributed by atoms with E-state index in [1.807, 2.05) is 12.1 Å². The van der Waals surface area contributed by atoms with Crippen molar-refractivity contribution >= 4 is 21.1 Å². The molecule has 76 valence electrons. The van der Waals surface area contributed by atoms with E-state index in [4.69, 9.17) is 4.42 Å². The lowest BCUT2D eigenvalue weighted by atomic mass is 10.4. The number of nitrogens with zero attached hydrogens (tertiary/aromatic N) is 1. The molecule has 14 heavy (non-hydrogen) atoms. The summed E-state index contributed by atoms with van der Waals surface area (Å²) in [7, 11) is -0.873. The Balaban J connectivity index is 2.69. The molecule has 2 aromatic rings. The number of furan rings is 1. The van der Waals surface area contributed by atoms with E-state index in [9.17, 15) is 5.21 Å². The van der Waals surface area contributed by atoms with Crippen molar-refractivity contribution < 1.29 is 14.4 Å². The molecule has 0 unspecified atom stereocenters. The Bertz CT molecular complexity index is 470. The smallest absolute Gasteiger partial charge is 0.303 e. The van der Waals surface area contributed by atoms with Gasteiger partial charge in [-0.25, -0.2) is 0 Å². The molecule has 2 heterocycles. The summed E-state index contributed by atoms with van der Waals surface area (Å²) >= 11 is 0. The van der Waals surface area contributed by atoms with Crippen LogP contribution in [0.4, 0.5) is 0 Å². The number of rotatable bonds is 1. The molecule has 0 aliphatic heterocycles. The van der Waals surface area contributed by atoms with Crippen LogP contribution in [0.15, 0.2) is 33.9 Å². The Labute approximate surface area is 84.2 Å². The van der Waals surface area contributed by atoms with Crippen LogP contribution in [0.3, 0.4) is 0 Å². The Morgan fingerprint density at radius 2 is 2.07 bits per heavy atom. The van der Waals surface area contributed by atoms with E-state index in [1.54, 1.807) is 12.3 Å². The first kappa shape index (κ1) is 9.40. The first-order chi connectivity index (χ1) is 6.48. The third-order valence-corrected chi connectivity index (χ3v) is 3.45. The van der Waals surface area contributed by atoms with Crippen molar-refractivity contribution in [3.63, 3.8) is 0 Å². The second kappa shape index (κ2) is 2.92. The largest absolute Gasteiger partial charge is 0.445 e. The van der Waals surface area contributed by atoms with Crippen molar-refractivity contribution in [2.24, 2.45) is 0 Å². The predicted molar refractivity (Wildman–Crippen MR) is 57.2 cm³/mol. The molecule has 0 bridgehead atoms. The third kappa shape index (κ3) is 1.46. The molecule has 0 aliphatic carbocycles. The molecule has 0 aromatic carbocycles. The molecule has 2 aromatic heterocycles. The molecular weight excluding hydrogens is 198 g/mol. The van der Waals surface area contributed by atoms with Gasteiger partial charge in [-0.3, -0.25) is 5.21 Å².